The topological polar surface area (TPSA) is 376 Å². The fourth-order valence-electron chi connectivity index (χ4n) is 14.0. The number of hydrogen-bond donors (Lipinski definition) is 2. The zero-order valence-corrected chi connectivity index (χ0v) is 89.4. The SMILES string of the molecule is C/C(=C\CCc1ccccc1)[N+](=O)[O-].C=C(/C=C/OC)O[Si](C)(C)C.CC(=CCCc1ccccc1)[N+](=O)[O-].CC(C(O)CCc1ccccc1)[N+](=O)[O-].CC[N+](=O)[O-].CO[C@H]1CC(=O)C[C@@H](CCc2ccccc2)[C@]1(C)[N+](=O)[O-].CO[C@H]1CC(N)C[C@@H](CCc2ccccc2)[C@]1(C)[N+](=O)[O-].O=CCCc1ccccc1.[2H][I-]C.[Cl][Cu].[F-].[K+].c1ccc(P(c2ccccc2)c2ccccc2)cc1. The van der Waals surface area contributed by atoms with Crippen LogP contribution in [0.4, 0.5) is 0 Å². The number of carbonyl (C=O) groups excluding carboxylic acids is 2. The zero-order valence-electron chi connectivity index (χ0n) is 81.6. The first kappa shape index (κ1) is 127. The van der Waals surface area contributed by atoms with Crippen LogP contribution in [0, 0.1) is 72.5 Å². The van der Waals surface area contributed by atoms with Crippen LogP contribution in [0.2, 0.25) is 19.6 Å². The monoisotopic (exact) mass is 2120 g/mol. The molecule has 0 amide bonds. The molecule has 740 valence electrons. The molecule has 26 nitrogen and oxygen atoms in total. The minimum atomic E-state index is -1.48. The number of nitrogens with zero attached hydrogens (tertiary/aromatic N) is 6. The van der Waals surface area contributed by atoms with Crippen molar-refractivity contribution in [3.63, 3.8) is 0 Å². The second-order valence-electron chi connectivity index (χ2n) is 32.3. The first-order valence-electron chi connectivity index (χ1n) is 44.3. The van der Waals surface area contributed by atoms with Crippen LogP contribution in [0.1, 0.15) is 139 Å². The minimum Gasteiger partial charge on any atom is -1.00 e. The summed E-state index contributed by atoms with van der Waals surface area (Å²) >= 11 is 3.50. The number of nitro groups is 6. The number of rotatable bonds is 34. The van der Waals surface area contributed by atoms with Crippen LogP contribution >= 0.6 is 18.0 Å². The molecule has 0 aromatic heterocycles. The van der Waals surface area contributed by atoms with Crippen molar-refractivity contribution in [2.75, 3.05) is 32.8 Å². The van der Waals surface area contributed by atoms with Gasteiger partial charge in [-0.05, 0) is 172 Å². The molecule has 2 aliphatic carbocycles. The zero-order chi connectivity index (χ0) is 101. The molecular weight excluding hydrogens is 1980 g/mol. The van der Waals surface area contributed by atoms with E-state index in [-0.39, 0.29) is 158 Å². The van der Waals surface area contributed by atoms with Gasteiger partial charge in [-0.3, -0.25) is 65.5 Å². The average molecular weight is 2120 g/mol. The number of Topliss-reactive ketones (excluding diaryl/α,β-unsaturated/α-hetero) is 1. The van der Waals surface area contributed by atoms with Gasteiger partial charge in [-0.25, -0.2) is 0 Å². The van der Waals surface area contributed by atoms with Crippen molar-refractivity contribution in [1.82, 2.24) is 0 Å². The Labute approximate surface area is 874 Å². The maximum atomic E-state index is 11.9. The maximum absolute atomic E-state index is 11.9. The van der Waals surface area contributed by atoms with Crippen LogP contribution in [-0.4, -0.2) is 130 Å². The molecular formula is C103H136ClCuFIKN7O19PSi-. The molecule has 136 heavy (non-hydrogen) atoms. The summed E-state index contributed by atoms with van der Waals surface area (Å²) < 4.78 is 27.2. The Kier molecular flexibility index (Phi) is 70.8. The molecule has 2 aliphatic rings. The van der Waals surface area contributed by atoms with Crippen LogP contribution in [0.5, 0.6) is 0 Å². The van der Waals surface area contributed by atoms with E-state index in [0.29, 0.717) is 44.3 Å². The Morgan fingerprint density at radius 2 is 0.853 bits per heavy atom. The number of ether oxygens (including phenoxy) is 3. The molecule has 0 saturated heterocycles. The van der Waals surface area contributed by atoms with Crippen molar-refractivity contribution in [3.05, 3.63) is 415 Å². The van der Waals surface area contributed by atoms with Crippen molar-refractivity contribution in [2.45, 2.75) is 205 Å². The molecule has 0 aliphatic heterocycles. The molecule has 9 aromatic carbocycles. The standard InChI is InChI=1S/C18H15P.C16H24N2O3.C16H21NO4.C11H15NO3.2C11H13NO2.C9H10O.C8H16O2Si.C2H5NO2.CH4I.ClH.Cu.FH.K/c1-4-10-16(11-5-1)19(17-12-6-2-7-13-17)18-14-8-3-9-15-18;1-16(18(19)20)13(10-14(17)11-15(16)21-2)9-8-12-6-4-3-5-7-12;1-16(17(19)20)13(10-14(18)11-15(16)21-2)9-8-12-6-4-3-5-7-12;1-9(12(14)15)11(13)8-7-10-5-3-2-4-6-10;2*1-10(12(13)14)6-5-9-11-7-3-2-4-8-11;10-8-4-7-9-5-2-1-3-6-9;1-8(6-7-9-2)10-11(3,4)5;1-2-3(4)5;1-2;;;;/h1-15H;3-7,13-15H,8-11,17H2,1-2H3;3-7,13,15H,8-11H2,1-2H3;2-6,9,11,13H,7-8H2,1H3;2*2-4,6-8H,5,9H2,1H3;1-3,5-6,8H,4,7H2;6-7H,1H2,2-5H3;2H2,1H3;2H,1H3;1H;;1H;/q;;;;;;;;;-1;;+1;;+1/p-2/b;;;;10-6+;;;7-6+;;;;;;/t;13-,14?,15+,16+;13-,15+,16+;;;;;;;;;;;/m.11.........../s1/i;;;;;;;;;2D;;;;. The summed E-state index contributed by atoms with van der Waals surface area (Å²) in [6, 6.07) is 90.9. The van der Waals surface area contributed by atoms with Gasteiger partial charge in [0.25, 0.3) is 0 Å². The molecule has 9 atom stereocenters. The molecule has 33 heteroatoms. The van der Waals surface area contributed by atoms with Crippen LogP contribution in [0.15, 0.2) is 321 Å². The third kappa shape index (κ3) is 53.7. The van der Waals surface area contributed by atoms with Crippen molar-refractivity contribution < 1.29 is 156 Å². The number of halogens is 3. The Morgan fingerprint density at radius 1 is 0.551 bits per heavy atom. The van der Waals surface area contributed by atoms with Crippen LogP contribution < -0.4 is 100 Å². The van der Waals surface area contributed by atoms with Gasteiger partial charge in [-0.1, -0.05) is 280 Å². The number of allylic oxidation sites excluding steroid dienone is 5. The summed E-state index contributed by atoms with van der Waals surface area (Å²) in [7, 11) is 6.86. The van der Waals surface area contributed by atoms with Gasteiger partial charge < -0.3 is 39.0 Å². The van der Waals surface area contributed by atoms with Gasteiger partial charge in [0.15, 0.2) is 0 Å². The number of aryl methyl sites for hydroxylation is 6. The number of aliphatic hydroxyl groups excluding tert-OH is 1. The molecule has 0 heterocycles. The Balaban J connectivity index is 0. The van der Waals surface area contributed by atoms with Gasteiger partial charge >= 0.3 is 105 Å². The van der Waals surface area contributed by atoms with E-state index in [4.69, 9.17) is 25.0 Å². The largest absolute Gasteiger partial charge is 1.00 e. The minimum absolute atomic E-state index is 0. The molecule has 11 rings (SSSR count). The third-order valence-corrected chi connectivity index (χ3v) is 24.9. The number of carbonyl (C=O) groups is 2. The fraction of sp³-hybridized carbons (Fsp3) is 0.379. The predicted octanol–water partition coefficient (Wildman–Crippen LogP) is 12.0. The number of ketones is 1. The predicted molar refractivity (Wildman–Crippen MR) is 535 cm³/mol. The summed E-state index contributed by atoms with van der Waals surface area (Å²) in [5, 5.41) is 77.1. The first-order valence-corrected chi connectivity index (χ1v) is 52.1. The summed E-state index contributed by atoms with van der Waals surface area (Å²) in [5.74, 6) is 0.366. The smallest absolute Gasteiger partial charge is 1.00 e. The molecule has 3 N–H and O–H groups in total. The van der Waals surface area contributed by atoms with Gasteiger partial charge in [-0.15, -0.1) is 0 Å². The summed E-state index contributed by atoms with van der Waals surface area (Å²) in [6.45, 7) is 19.4. The van der Waals surface area contributed by atoms with E-state index in [0.717, 1.165) is 68.8 Å². The quantitative estimate of drug-likeness (QED) is 0.00435. The molecule has 2 fully saturated rings. The third-order valence-electron chi connectivity index (χ3n) is 21.5. The fourth-order valence-corrected chi connectivity index (χ4v) is 17.1. The summed E-state index contributed by atoms with van der Waals surface area (Å²) in [5.41, 5.74) is 11.3. The average Bonchev–Trinajstić information content (AvgIpc) is 0.774. The molecule has 2 saturated carbocycles. The van der Waals surface area contributed by atoms with Gasteiger partial charge in [0.1, 0.15) is 30.4 Å². The van der Waals surface area contributed by atoms with E-state index >= 15 is 0 Å². The van der Waals surface area contributed by atoms with Gasteiger partial charge in [-0.2, -0.15) is 0 Å². The Bertz CT molecular complexity index is 4730. The van der Waals surface area contributed by atoms with Gasteiger partial charge in [0.2, 0.25) is 43.4 Å². The molecule has 9 aromatic rings. The number of nitrogens with two attached hydrogens (primary N) is 1. The molecule has 0 bridgehead atoms. The number of hydrogen-bond acceptors (Lipinski definition) is 20. The first-order chi connectivity index (χ1) is 64.5. The Morgan fingerprint density at radius 3 is 1.14 bits per heavy atom. The van der Waals surface area contributed by atoms with Crippen LogP contribution in [0.25, 0.3) is 0 Å². The van der Waals surface area contributed by atoms with Crippen LogP contribution in [-0.2, 0) is 81.9 Å². The van der Waals surface area contributed by atoms with Crippen LogP contribution in [0.3, 0.4) is 0 Å². The van der Waals surface area contributed by atoms with E-state index in [2.05, 4.69) is 155 Å². The number of benzene rings is 9. The normalized spacial score (nSPS) is 17.1. The Hall–Kier alpha value is -9.13. The van der Waals surface area contributed by atoms with E-state index < -0.39 is 56.6 Å². The maximum Gasteiger partial charge on any atom is 1.00 e. The number of methoxy groups -OCH3 is 3. The number of alkyl halides is 1. The summed E-state index contributed by atoms with van der Waals surface area (Å²) in [6.07, 6.45) is 15.9. The number of aldehydes is 1. The second kappa shape index (κ2) is 75.8. The van der Waals surface area contributed by atoms with Crippen molar-refractivity contribution in [3.8, 4) is 0 Å². The van der Waals surface area contributed by atoms with E-state index in [1.54, 1.807) is 52.6 Å². The molecule has 3 unspecified atom stereocenters. The van der Waals surface area contributed by atoms with Crippen molar-refractivity contribution in [2.24, 2.45) is 17.6 Å². The summed E-state index contributed by atoms with van der Waals surface area (Å²) in [4.78, 5) is 85.2. The van der Waals surface area contributed by atoms with Crippen molar-refractivity contribution >= 4 is 54.3 Å². The van der Waals surface area contributed by atoms with Gasteiger partial charge in [0, 0.05) is 119 Å². The van der Waals surface area contributed by atoms with E-state index in [9.17, 15) is 75.4 Å². The van der Waals surface area contributed by atoms with E-state index in [1.165, 1.54) is 73.0 Å². The second-order valence-corrected chi connectivity index (χ2v) is 39.0. The molecule has 0 spiro atoms. The van der Waals surface area contributed by atoms with Gasteiger partial charge in [0.05, 0.1) is 29.0 Å². The number of aliphatic hydroxyl groups is 1. The molecule has 0 radical (unpaired) electrons. The van der Waals surface area contributed by atoms with E-state index in [1.807, 2.05) is 175 Å². The van der Waals surface area contributed by atoms with Crippen molar-refractivity contribution in [1.29, 1.82) is 0.594 Å².